The number of rotatable bonds is 3. The smallest absolute Gasteiger partial charge is 0.348 e. The Bertz CT molecular complexity index is 745. The normalized spacial score (nSPS) is 11.0. The number of methoxy groups -OCH3 is 1. The number of esters is 1. The van der Waals surface area contributed by atoms with Crippen LogP contribution in [-0.2, 0) is 4.74 Å². The Morgan fingerprint density at radius 3 is 2.67 bits per heavy atom. The first-order valence-corrected chi connectivity index (χ1v) is 7.93. The molecule has 0 atom stereocenters. The van der Waals surface area contributed by atoms with Gasteiger partial charge in [0.25, 0.3) is 0 Å². The summed E-state index contributed by atoms with van der Waals surface area (Å²) in [4.78, 5) is 20.3. The molecule has 0 aliphatic rings. The number of aromatic amines is 1. The van der Waals surface area contributed by atoms with E-state index in [0.717, 1.165) is 28.2 Å². The lowest BCUT2D eigenvalue weighted by atomic mass is 10.0. The van der Waals surface area contributed by atoms with Crippen LogP contribution in [0.25, 0.3) is 11.3 Å². The van der Waals surface area contributed by atoms with E-state index in [4.69, 9.17) is 17.0 Å². The molecule has 6 heteroatoms. The molecule has 2 rings (SSSR count). The lowest BCUT2D eigenvalue weighted by molar-refractivity contribution is 0.0607. The fourth-order valence-corrected chi connectivity index (χ4v) is 3.24. The average molecular weight is 322 g/mol. The molecule has 0 unspecified atom stereocenters. The number of H-pyrrole nitrogens is 1. The van der Waals surface area contributed by atoms with Crippen molar-refractivity contribution >= 4 is 29.5 Å². The monoisotopic (exact) mass is 322 g/mol. The third kappa shape index (κ3) is 2.91. The highest BCUT2D eigenvalue weighted by molar-refractivity contribution is 7.71. The predicted octanol–water partition coefficient (Wildman–Crippen LogP) is 4.39. The Balaban J connectivity index is 2.76. The summed E-state index contributed by atoms with van der Waals surface area (Å²) in [5.74, 6) is 0.721. The zero-order valence-corrected chi connectivity index (χ0v) is 14.4. The number of hydrogen-bond donors (Lipinski definition) is 1. The van der Waals surface area contributed by atoms with Crippen molar-refractivity contribution in [3.05, 3.63) is 31.8 Å². The van der Waals surface area contributed by atoms with E-state index in [-0.39, 0.29) is 11.9 Å². The van der Waals surface area contributed by atoms with Gasteiger partial charge in [-0.05, 0) is 24.8 Å². The molecule has 4 nitrogen and oxygen atoms in total. The zero-order valence-electron chi connectivity index (χ0n) is 12.7. The lowest BCUT2D eigenvalue weighted by Gasteiger charge is -2.13. The third-order valence-corrected chi connectivity index (χ3v) is 4.79. The number of hydrogen-bond acceptors (Lipinski definition) is 5. The van der Waals surface area contributed by atoms with Crippen LogP contribution < -0.4 is 0 Å². The minimum Gasteiger partial charge on any atom is -0.465 e. The molecule has 0 spiro atoms. The highest BCUT2D eigenvalue weighted by Crippen LogP contribution is 2.34. The van der Waals surface area contributed by atoms with Crippen LogP contribution in [0.4, 0.5) is 0 Å². The minimum atomic E-state index is -0.329. The molecule has 0 saturated carbocycles. The van der Waals surface area contributed by atoms with Gasteiger partial charge in [0.15, 0.2) is 0 Å². The van der Waals surface area contributed by atoms with Crippen LogP contribution in [0.2, 0.25) is 0 Å². The molecule has 1 N–H and O–H groups in total. The number of nitrogens with zero attached hydrogens (tertiary/aromatic N) is 1. The zero-order chi connectivity index (χ0) is 15.7. The van der Waals surface area contributed by atoms with Crippen LogP contribution in [0.1, 0.15) is 46.4 Å². The Labute approximate surface area is 133 Å². The van der Waals surface area contributed by atoms with E-state index in [1.165, 1.54) is 18.4 Å². The number of carbonyl (C=O) groups excluding carboxylic acids is 1. The third-order valence-electron chi connectivity index (χ3n) is 3.31. The second-order valence-corrected chi connectivity index (χ2v) is 6.46. The number of nitrogens with one attached hydrogen (secondary N) is 1. The first kappa shape index (κ1) is 15.9. The summed E-state index contributed by atoms with van der Waals surface area (Å²) in [7, 11) is 1.39. The van der Waals surface area contributed by atoms with Gasteiger partial charge >= 0.3 is 5.97 Å². The van der Waals surface area contributed by atoms with Gasteiger partial charge in [0, 0.05) is 17.0 Å². The highest BCUT2D eigenvalue weighted by atomic mass is 32.1. The van der Waals surface area contributed by atoms with Crippen molar-refractivity contribution in [3.63, 3.8) is 0 Å². The van der Waals surface area contributed by atoms with Crippen molar-refractivity contribution in [2.24, 2.45) is 0 Å². The van der Waals surface area contributed by atoms with Crippen LogP contribution >= 0.6 is 23.6 Å². The molecule has 112 valence electrons. The van der Waals surface area contributed by atoms with Gasteiger partial charge in [-0.15, -0.1) is 11.3 Å². The second kappa shape index (κ2) is 6.07. The highest BCUT2D eigenvalue weighted by Gasteiger charge is 2.21. The number of thiophene rings is 1. The minimum absolute atomic E-state index is 0.228. The molecule has 21 heavy (non-hydrogen) atoms. The lowest BCUT2D eigenvalue weighted by Crippen LogP contribution is -2.06. The van der Waals surface area contributed by atoms with E-state index in [1.54, 1.807) is 0 Å². The van der Waals surface area contributed by atoms with Crippen molar-refractivity contribution in [2.45, 2.75) is 33.6 Å². The largest absolute Gasteiger partial charge is 0.465 e. The van der Waals surface area contributed by atoms with E-state index >= 15 is 0 Å². The fourth-order valence-electron chi connectivity index (χ4n) is 2.07. The Hall–Kier alpha value is -1.53. The Kier molecular flexibility index (Phi) is 4.58. The van der Waals surface area contributed by atoms with Gasteiger partial charge < -0.3 is 9.72 Å². The molecule has 0 radical (unpaired) electrons. The summed E-state index contributed by atoms with van der Waals surface area (Å²) in [5, 5.41) is 1.95. The summed E-state index contributed by atoms with van der Waals surface area (Å²) in [6, 6.07) is 0. The van der Waals surface area contributed by atoms with Crippen LogP contribution in [0.5, 0.6) is 0 Å². The molecular weight excluding hydrogens is 304 g/mol. The van der Waals surface area contributed by atoms with Crippen molar-refractivity contribution in [1.29, 1.82) is 0 Å². The SMILES string of the molecule is COC(=O)c1scc(C)c1-c1[nH]c(C(C)C)nc(=S)c1C. The summed E-state index contributed by atoms with van der Waals surface area (Å²) in [6.45, 7) is 8.00. The summed E-state index contributed by atoms with van der Waals surface area (Å²) < 4.78 is 5.44. The maximum absolute atomic E-state index is 12.0. The van der Waals surface area contributed by atoms with E-state index < -0.39 is 0 Å². The van der Waals surface area contributed by atoms with Crippen molar-refractivity contribution in [1.82, 2.24) is 9.97 Å². The molecule has 0 aromatic carbocycles. The van der Waals surface area contributed by atoms with Gasteiger partial charge in [-0.25, -0.2) is 9.78 Å². The van der Waals surface area contributed by atoms with Crippen LogP contribution in [-0.4, -0.2) is 23.0 Å². The van der Waals surface area contributed by atoms with Crippen molar-refractivity contribution < 1.29 is 9.53 Å². The molecule has 2 heterocycles. The van der Waals surface area contributed by atoms with Gasteiger partial charge in [0.05, 0.1) is 12.8 Å². The molecule has 0 bridgehead atoms. The number of carbonyl (C=O) groups is 1. The molecule has 2 aromatic rings. The molecule has 0 amide bonds. The van der Waals surface area contributed by atoms with Crippen LogP contribution in [0, 0.1) is 18.5 Å². The summed E-state index contributed by atoms with van der Waals surface area (Å²) in [6.07, 6.45) is 0. The second-order valence-electron chi connectivity index (χ2n) is 5.20. The molecule has 0 aliphatic heterocycles. The first-order chi connectivity index (χ1) is 9.86. The van der Waals surface area contributed by atoms with Gasteiger partial charge in [-0.1, -0.05) is 26.1 Å². The van der Waals surface area contributed by atoms with Crippen LogP contribution in [0.15, 0.2) is 5.38 Å². The van der Waals surface area contributed by atoms with Crippen molar-refractivity contribution in [2.75, 3.05) is 7.11 Å². The molecule has 0 saturated heterocycles. The van der Waals surface area contributed by atoms with E-state index in [1.807, 2.05) is 19.2 Å². The Morgan fingerprint density at radius 2 is 2.10 bits per heavy atom. The van der Waals surface area contributed by atoms with E-state index in [0.29, 0.717) is 9.52 Å². The van der Waals surface area contributed by atoms with E-state index in [9.17, 15) is 4.79 Å². The van der Waals surface area contributed by atoms with Crippen LogP contribution in [0.3, 0.4) is 0 Å². The summed E-state index contributed by atoms with van der Waals surface area (Å²) in [5.41, 5.74) is 3.62. The average Bonchev–Trinajstić information content (AvgIpc) is 2.82. The molecular formula is C15H18N2O2S2. The van der Waals surface area contributed by atoms with Gasteiger partial charge in [-0.2, -0.15) is 0 Å². The molecule has 0 aliphatic carbocycles. The quantitative estimate of drug-likeness (QED) is 0.672. The van der Waals surface area contributed by atoms with Gasteiger partial charge in [0.1, 0.15) is 15.3 Å². The maximum atomic E-state index is 12.0. The fraction of sp³-hybridized carbons (Fsp3) is 0.400. The number of aromatic nitrogens is 2. The Morgan fingerprint density at radius 1 is 1.43 bits per heavy atom. The maximum Gasteiger partial charge on any atom is 0.348 e. The standard InChI is InChI=1S/C15H18N2O2S2/c1-7(2)13-16-11(9(4)14(20)17-13)10-8(3)6-21-12(10)15(18)19-5/h6-7H,1-5H3,(H,16,17,20). The van der Waals surface area contributed by atoms with E-state index in [2.05, 4.69) is 23.8 Å². The first-order valence-electron chi connectivity index (χ1n) is 6.64. The molecule has 2 aromatic heterocycles. The molecule has 0 fully saturated rings. The van der Waals surface area contributed by atoms with Gasteiger partial charge in [-0.3, -0.25) is 0 Å². The number of ether oxygens (including phenoxy) is 1. The summed E-state index contributed by atoms with van der Waals surface area (Å²) >= 11 is 6.74. The predicted molar refractivity (Wildman–Crippen MR) is 87.6 cm³/mol. The topological polar surface area (TPSA) is 55.0 Å². The number of aryl methyl sites for hydroxylation is 1. The van der Waals surface area contributed by atoms with Gasteiger partial charge in [0.2, 0.25) is 0 Å². The van der Waals surface area contributed by atoms with Crippen molar-refractivity contribution in [3.8, 4) is 11.3 Å².